The first-order valence-corrected chi connectivity index (χ1v) is 7.78. The number of nitrogens with zero attached hydrogens (tertiary/aromatic N) is 1. The van der Waals surface area contributed by atoms with E-state index in [9.17, 15) is 13.6 Å². The van der Waals surface area contributed by atoms with E-state index >= 15 is 0 Å². The molecule has 8 heteroatoms. The second-order valence-electron chi connectivity index (χ2n) is 4.81. The van der Waals surface area contributed by atoms with Crippen molar-refractivity contribution < 1.29 is 22.7 Å². The standard InChI is InChI=1S/C16H12F2N2O3S/c1-9-2-7-13(22-9)15-20-12(8-24-15)14(21)19-10-3-5-11(6-4-10)23-16(17)18/h2-8,16H,1H3,(H,19,21). The maximum absolute atomic E-state index is 12.2. The summed E-state index contributed by atoms with van der Waals surface area (Å²) in [6, 6.07) is 9.24. The van der Waals surface area contributed by atoms with E-state index in [4.69, 9.17) is 4.42 Å². The van der Waals surface area contributed by atoms with Crippen LogP contribution in [0, 0.1) is 6.92 Å². The number of amides is 1. The molecule has 2 heterocycles. The van der Waals surface area contributed by atoms with Crippen molar-refractivity contribution in [2.75, 3.05) is 5.32 Å². The zero-order valence-corrected chi connectivity index (χ0v) is 13.3. The van der Waals surface area contributed by atoms with Gasteiger partial charge in [0.05, 0.1) is 0 Å². The van der Waals surface area contributed by atoms with Crippen LogP contribution in [0.5, 0.6) is 5.75 Å². The lowest BCUT2D eigenvalue weighted by Gasteiger charge is -2.06. The van der Waals surface area contributed by atoms with Crippen molar-refractivity contribution in [2.24, 2.45) is 0 Å². The monoisotopic (exact) mass is 350 g/mol. The minimum absolute atomic E-state index is 0.0205. The summed E-state index contributed by atoms with van der Waals surface area (Å²) in [5, 5.41) is 4.87. The summed E-state index contributed by atoms with van der Waals surface area (Å²) in [5.41, 5.74) is 0.696. The van der Waals surface area contributed by atoms with E-state index in [0.717, 1.165) is 5.76 Å². The zero-order chi connectivity index (χ0) is 17.1. The van der Waals surface area contributed by atoms with Gasteiger partial charge in [-0.15, -0.1) is 11.3 Å². The van der Waals surface area contributed by atoms with Gasteiger partial charge in [-0.1, -0.05) is 0 Å². The van der Waals surface area contributed by atoms with E-state index in [1.165, 1.54) is 35.6 Å². The largest absolute Gasteiger partial charge is 0.459 e. The Bertz CT molecular complexity index is 843. The van der Waals surface area contributed by atoms with Crippen molar-refractivity contribution in [1.82, 2.24) is 4.98 Å². The number of carbonyl (C=O) groups excluding carboxylic acids is 1. The van der Waals surface area contributed by atoms with Crippen LogP contribution in [0.2, 0.25) is 0 Å². The van der Waals surface area contributed by atoms with Crippen molar-refractivity contribution in [3.05, 3.63) is 53.2 Å². The molecule has 0 saturated carbocycles. The van der Waals surface area contributed by atoms with E-state index in [1.807, 2.05) is 13.0 Å². The quantitative estimate of drug-likeness (QED) is 0.732. The molecular formula is C16H12F2N2O3S. The van der Waals surface area contributed by atoms with Gasteiger partial charge >= 0.3 is 6.61 Å². The van der Waals surface area contributed by atoms with Crippen LogP contribution in [-0.4, -0.2) is 17.5 Å². The minimum atomic E-state index is -2.89. The van der Waals surface area contributed by atoms with Gasteiger partial charge in [0.25, 0.3) is 5.91 Å². The smallest absolute Gasteiger partial charge is 0.387 e. The van der Waals surface area contributed by atoms with Crippen molar-refractivity contribution in [2.45, 2.75) is 13.5 Å². The number of rotatable bonds is 5. The molecule has 1 aromatic carbocycles. The molecule has 0 aliphatic carbocycles. The van der Waals surface area contributed by atoms with Gasteiger partial charge in [0.1, 0.15) is 17.2 Å². The van der Waals surface area contributed by atoms with Gasteiger partial charge < -0.3 is 14.5 Å². The molecule has 1 N–H and O–H groups in total. The number of aryl methyl sites for hydroxylation is 1. The number of hydrogen-bond donors (Lipinski definition) is 1. The van der Waals surface area contributed by atoms with Crippen molar-refractivity contribution in [1.29, 1.82) is 0 Å². The molecule has 0 spiro atoms. The average Bonchev–Trinajstić information content (AvgIpc) is 3.17. The lowest BCUT2D eigenvalue weighted by molar-refractivity contribution is -0.0498. The summed E-state index contributed by atoms with van der Waals surface area (Å²) in [5.74, 6) is 0.984. The molecule has 0 bridgehead atoms. The number of furan rings is 1. The summed E-state index contributed by atoms with van der Waals surface area (Å²) in [6.07, 6.45) is 0. The lowest BCUT2D eigenvalue weighted by Crippen LogP contribution is -2.12. The highest BCUT2D eigenvalue weighted by Crippen LogP contribution is 2.26. The fourth-order valence-corrected chi connectivity index (χ4v) is 2.72. The van der Waals surface area contributed by atoms with Crippen LogP contribution < -0.4 is 10.1 Å². The normalized spacial score (nSPS) is 10.8. The molecule has 3 aromatic rings. The van der Waals surface area contributed by atoms with E-state index in [2.05, 4.69) is 15.0 Å². The Hall–Kier alpha value is -2.74. The summed E-state index contributed by atoms with van der Waals surface area (Å²) >= 11 is 1.30. The third-order valence-corrected chi connectivity index (χ3v) is 3.88. The number of aromatic nitrogens is 1. The second kappa shape index (κ2) is 6.79. The molecule has 0 saturated heterocycles. The van der Waals surface area contributed by atoms with Crippen molar-refractivity contribution in [3.63, 3.8) is 0 Å². The number of thiazole rings is 1. The molecule has 0 aliphatic heterocycles. The molecule has 5 nitrogen and oxygen atoms in total. The van der Waals surface area contributed by atoms with Crippen LogP contribution in [0.3, 0.4) is 0 Å². The Morgan fingerprint density at radius 2 is 2.00 bits per heavy atom. The van der Waals surface area contributed by atoms with Crippen LogP contribution >= 0.6 is 11.3 Å². The first-order valence-electron chi connectivity index (χ1n) is 6.90. The number of ether oxygens (including phenoxy) is 1. The number of halogens is 2. The van der Waals surface area contributed by atoms with Gasteiger partial charge in [0.15, 0.2) is 10.8 Å². The molecule has 0 fully saturated rings. The number of benzene rings is 1. The first kappa shape index (κ1) is 16.1. The predicted octanol–water partition coefficient (Wildman–Crippen LogP) is 4.57. The van der Waals surface area contributed by atoms with Gasteiger partial charge in [0, 0.05) is 11.1 Å². The number of alkyl halides is 2. The molecule has 0 unspecified atom stereocenters. The van der Waals surface area contributed by atoms with Crippen molar-refractivity contribution >= 4 is 22.9 Å². The highest BCUT2D eigenvalue weighted by molar-refractivity contribution is 7.13. The van der Waals surface area contributed by atoms with Gasteiger partial charge in [-0.2, -0.15) is 8.78 Å². The minimum Gasteiger partial charge on any atom is -0.459 e. The second-order valence-corrected chi connectivity index (χ2v) is 5.66. The third kappa shape index (κ3) is 3.77. The maximum Gasteiger partial charge on any atom is 0.387 e. The predicted molar refractivity (Wildman–Crippen MR) is 85.6 cm³/mol. The van der Waals surface area contributed by atoms with Gasteiger partial charge in [0.2, 0.25) is 0 Å². The van der Waals surface area contributed by atoms with Crippen molar-refractivity contribution in [3.8, 4) is 16.5 Å². The Morgan fingerprint density at radius 3 is 2.62 bits per heavy atom. The molecule has 0 aliphatic rings. The summed E-state index contributed by atoms with van der Waals surface area (Å²) in [4.78, 5) is 16.4. The number of nitrogens with one attached hydrogen (secondary N) is 1. The van der Waals surface area contributed by atoms with Crippen LogP contribution in [0.1, 0.15) is 16.2 Å². The van der Waals surface area contributed by atoms with Crippen LogP contribution in [0.4, 0.5) is 14.5 Å². The summed E-state index contributed by atoms with van der Waals surface area (Å²) in [6.45, 7) is -1.06. The maximum atomic E-state index is 12.2. The van der Waals surface area contributed by atoms with Gasteiger partial charge in [-0.05, 0) is 43.3 Å². The summed E-state index contributed by atoms with van der Waals surface area (Å²) in [7, 11) is 0. The van der Waals surface area contributed by atoms with Gasteiger partial charge in [-0.25, -0.2) is 4.98 Å². The fraction of sp³-hybridized carbons (Fsp3) is 0.125. The van der Waals surface area contributed by atoms with Crippen LogP contribution in [0.25, 0.3) is 10.8 Å². The third-order valence-electron chi connectivity index (χ3n) is 3.03. The Balaban J connectivity index is 1.68. The zero-order valence-electron chi connectivity index (χ0n) is 12.5. The molecular weight excluding hydrogens is 338 g/mol. The number of hydrogen-bond acceptors (Lipinski definition) is 5. The molecule has 0 atom stereocenters. The fourth-order valence-electron chi connectivity index (χ4n) is 1.96. The van der Waals surface area contributed by atoms with Crippen LogP contribution in [-0.2, 0) is 0 Å². The molecule has 0 radical (unpaired) electrons. The number of anilines is 1. The highest BCUT2D eigenvalue weighted by atomic mass is 32.1. The summed E-state index contributed by atoms with van der Waals surface area (Å²) < 4.78 is 33.9. The van der Waals surface area contributed by atoms with E-state index < -0.39 is 12.5 Å². The van der Waals surface area contributed by atoms with E-state index in [1.54, 1.807) is 11.4 Å². The van der Waals surface area contributed by atoms with Crippen LogP contribution in [0.15, 0.2) is 46.2 Å². The molecule has 3 rings (SSSR count). The molecule has 24 heavy (non-hydrogen) atoms. The number of carbonyl (C=O) groups is 1. The van der Waals surface area contributed by atoms with E-state index in [-0.39, 0.29) is 11.4 Å². The van der Waals surface area contributed by atoms with E-state index in [0.29, 0.717) is 16.5 Å². The topological polar surface area (TPSA) is 64.4 Å². The molecule has 124 valence electrons. The Labute approximate surface area is 139 Å². The SMILES string of the molecule is Cc1ccc(-c2nc(C(=O)Nc3ccc(OC(F)F)cc3)cs2)o1. The highest BCUT2D eigenvalue weighted by Gasteiger charge is 2.14. The molecule has 1 amide bonds. The lowest BCUT2D eigenvalue weighted by atomic mass is 10.3. The van der Waals surface area contributed by atoms with Gasteiger partial charge in [-0.3, -0.25) is 4.79 Å². The Kier molecular flexibility index (Phi) is 4.57. The average molecular weight is 350 g/mol. The first-order chi connectivity index (χ1) is 11.5. The molecule has 2 aromatic heterocycles. The Morgan fingerprint density at radius 1 is 1.25 bits per heavy atom.